The summed E-state index contributed by atoms with van der Waals surface area (Å²) in [6.07, 6.45) is 2.25. The Labute approximate surface area is 102 Å². The minimum atomic E-state index is 0.461. The van der Waals surface area contributed by atoms with Gasteiger partial charge < -0.3 is 10.1 Å². The van der Waals surface area contributed by atoms with E-state index in [9.17, 15) is 0 Å². The van der Waals surface area contributed by atoms with Crippen molar-refractivity contribution in [2.24, 2.45) is 5.92 Å². The van der Waals surface area contributed by atoms with E-state index in [1.54, 1.807) is 0 Å². The second-order valence-electron chi connectivity index (χ2n) is 4.26. The molecule has 3 heteroatoms. The molecule has 16 heavy (non-hydrogen) atoms. The smallest absolute Gasteiger partial charge is 0.0637 e. The molecule has 2 nitrogen and oxygen atoms in total. The number of halogens is 1. The summed E-state index contributed by atoms with van der Waals surface area (Å²) in [5.74, 6) is 0.612. The molecule has 0 amide bonds. The molecule has 2 unspecified atom stereocenters. The third kappa shape index (κ3) is 2.69. The van der Waals surface area contributed by atoms with Gasteiger partial charge in [0.1, 0.15) is 0 Å². The van der Waals surface area contributed by atoms with Crippen LogP contribution in [-0.4, -0.2) is 19.3 Å². The summed E-state index contributed by atoms with van der Waals surface area (Å²) >= 11 is 6.14. The number of para-hydroxylation sites is 1. The summed E-state index contributed by atoms with van der Waals surface area (Å²) in [4.78, 5) is 0. The van der Waals surface area contributed by atoms with Crippen LogP contribution in [0.5, 0.6) is 0 Å². The van der Waals surface area contributed by atoms with Crippen LogP contribution in [0.25, 0.3) is 0 Å². The SMILES string of the molecule is CCC(Nc1ccccc1Cl)C1CCOC1. The van der Waals surface area contributed by atoms with E-state index in [-0.39, 0.29) is 0 Å². The lowest BCUT2D eigenvalue weighted by atomic mass is 9.96. The summed E-state index contributed by atoms with van der Waals surface area (Å²) in [6.45, 7) is 3.97. The molecule has 88 valence electrons. The van der Waals surface area contributed by atoms with E-state index in [1.807, 2.05) is 24.3 Å². The summed E-state index contributed by atoms with van der Waals surface area (Å²) in [5, 5.41) is 4.32. The Morgan fingerprint density at radius 1 is 1.50 bits per heavy atom. The zero-order valence-corrected chi connectivity index (χ0v) is 10.3. The summed E-state index contributed by atoms with van der Waals surface area (Å²) in [6, 6.07) is 8.37. The van der Waals surface area contributed by atoms with Gasteiger partial charge in [-0.3, -0.25) is 0 Å². The second-order valence-corrected chi connectivity index (χ2v) is 4.67. The molecule has 0 radical (unpaired) electrons. The molecule has 2 atom stereocenters. The number of hydrogen-bond donors (Lipinski definition) is 1. The van der Waals surface area contributed by atoms with Crippen LogP contribution in [0, 0.1) is 5.92 Å². The average Bonchev–Trinajstić information content (AvgIpc) is 2.81. The predicted octanol–water partition coefficient (Wildman–Crippen LogP) is 3.57. The Kier molecular flexibility index (Phi) is 4.08. The van der Waals surface area contributed by atoms with Crippen molar-refractivity contribution in [1.82, 2.24) is 0 Å². The summed E-state index contributed by atoms with van der Waals surface area (Å²) in [5.41, 5.74) is 1.03. The van der Waals surface area contributed by atoms with Crippen molar-refractivity contribution in [3.63, 3.8) is 0 Å². The van der Waals surface area contributed by atoms with E-state index in [0.717, 1.165) is 36.8 Å². The van der Waals surface area contributed by atoms with E-state index in [2.05, 4.69) is 12.2 Å². The fraction of sp³-hybridized carbons (Fsp3) is 0.538. The van der Waals surface area contributed by atoms with Gasteiger partial charge in [0.15, 0.2) is 0 Å². The highest BCUT2D eigenvalue weighted by Crippen LogP contribution is 2.26. The van der Waals surface area contributed by atoms with E-state index < -0.39 is 0 Å². The number of rotatable bonds is 4. The van der Waals surface area contributed by atoms with Gasteiger partial charge in [-0.05, 0) is 25.0 Å². The lowest BCUT2D eigenvalue weighted by Crippen LogP contribution is -2.28. The molecule has 0 bridgehead atoms. The topological polar surface area (TPSA) is 21.3 Å². The minimum absolute atomic E-state index is 0.461. The molecule has 0 aliphatic carbocycles. The lowest BCUT2D eigenvalue weighted by Gasteiger charge is -2.24. The fourth-order valence-electron chi connectivity index (χ4n) is 2.20. The molecule has 1 aliphatic rings. The van der Waals surface area contributed by atoms with Crippen molar-refractivity contribution in [3.8, 4) is 0 Å². The molecular formula is C13H18ClNO. The van der Waals surface area contributed by atoms with Crippen molar-refractivity contribution >= 4 is 17.3 Å². The molecular weight excluding hydrogens is 222 g/mol. The third-order valence-electron chi connectivity index (χ3n) is 3.19. The Bertz CT molecular complexity index is 336. The first-order chi connectivity index (χ1) is 7.81. The Hall–Kier alpha value is -0.730. The van der Waals surface area contributed by atoms with Crippen molar-refractivity contribution < 1.29 is 4.74 Å². The zero-order chi connectivity index (χ0) is 11.4. The van der Waals surface area contributed by atoms with Crippen molar-refractivity contribution in [2.75, 3.05) is 18.5 Å². The van der Waals surface area contributed by atoms with Gasteiger partial charge in [-0.15, -0.1) is 0 Å². The molecule has 1 heterocycles. The molecule has 1 aromatic carbocycles. The normalized spacial score (nSPS) is 22.0. The predicted molar refractivity (Wildman–Crippen MR) is 68.1 cm³/mol. The van der Waals surface area contributed by atoms with Crippen LogP contribution >= 0.6 is 11.6 Å². The third-order valence-corrected chi connectivity index (χ3v) is 3.52. The average molecular weight is 240 g/mol. The highest BCUT2D eigenvalue weighted by molar-refractivity contribution is 6.33. The van der Waals surface area contributed by atoms with E-state index in [0.29, 0.717) is 12.0 Å². The number of nitrogens with one attached hydrogen (secondary N) is 1. The van der Waals surface area contributed by atoms with Crippen molar-refractivity contribution in [3.05, 3.63) is 29.3 Å². The number of ether oxygens (including phenoxy) is 1. The number of benzene rings is 1. The van der Waals surface area contributed by atoms with Crippen LogP contribution in [-0.2, 0) is 4.74 Å². The molecule has 1 fully saturated rings. The van der Waals surface area contributed by atoms with E-state index in [1.165, 1.54) is 0 Å². The molecule has 0 aromatic heterocycles. The van der Waals surface area contributed by atoms with Crippen LogP contribution in [0.15, 0.2) is 24.3 Å². The summed E-state index contributed by atoms with van der Waals surface area (Å²) < 4.78 is 5.43. The van der Waals surface area contributed by atoms with Gasteiger partial charge in [-0.2, -0.15) is 0 Å². The first-order valence-electron chi connectivity index (χ1n) is 5.90. The maximum Gasteiger partial charge on any atom is 0.0637 e. The van der Waals surface area contributed by atoms with Gasteiger partial charge >= 0.3 is 0 Å². The highest BCUT2D eigenvalue weighted by Gasteiger charge is 2.24. The fourth-order valence-corrected chi connectivity index (χ4v) is 2.39. The second kappa shape index (κ2) is 5.55. The zero-order valence-electron chi connectivity index (χ0n) is 9.58. The summed E-state index contributed by atoms with van der Waals surface area (Å²) in [7, 11) is 0. The molecule has 0 saturated carbocycles. The van der Waals surface area contributed by atoms with Gasteiger partial charge in [0, 0.05) is 18.6 Å². The van der Waals surface area contributed by atoms with Crippen LogP contribution in [0.4, 0.5) is 5.69 Å². The number of anilines is 1. The first-order valence-corrected chi connectivity index (χ1v) is 6.28. The first kappa shape index (κ1) is 11.7. The molecule has 0 spiro atoms. The van der Waals surface area contributed by atoms with Crippen molar-refractivity contribution in [1.29, 1.82) is 0 Å². The van der Waals surface area contributed by atoms with Gasteiger partial charge in [0.25, 0.3) is 0 Å². The maximum absolute atomic E-state index is 6.14. The van der Waals surface area contributed by atoms with Crippen LogP contribution in [0.3, 0.4) is 0 Å². The van der Waals surface area contributed by atoms with Crippen molar-refractivity contribution in [2.45, 2.75) is 25.8 Å². The maximum atomic E-state index is 6.14. The minimum Gasteiger partial charge on any atom is -0.381 e. The van der Waals surface area contributed by atoms with Crippen LogP contribution < -0.4 is 5.32 Å². The van der Waals surface area contributed by atoms with Gasteiger partial charge in [-0.25, -0.2) is 0 Å². The quantitative estimate of drug-likeness (QED) is 0.868. The largest absolute Gasteiger partial charge is 0.381 e. The van der Waals surface area contributed by atoms with Crippen LogP contribution in [0.1, 0.15) is 19.8 Å². The van der Waals surface area contributed by atoms with E-state index >= 15 is 0 Å². The number of hydrogen-bond acceptors (Lipinski definition) is 2. The van der Waals surface area contributed by atoms with Gasteiger partial charge in [-0.1, -0.05) is 30.7 Å². The van der Waals surface area contributed by atoms with E-state index in [4.69, 9.17) is 16.3 Å². The Balaban J connectivity index is 2.03. The van der Waals surface area contributed by atoms with Gasteiger partial charge in [0.2, 0.25) is 0 Å². The van der Waals surface area contributed by atoms with Gasteiger partial charge in [0.05, 0.1) is 17.3 Å². The molecule has 1 aliphatic heterocycles. The Morgan fingerprint density at radius 2 is 2.31 bits per heavy atom. The Morgan fingerprint density at radius 3 is 2.94 bits per heavy atom. The molecule has 1 saturated heterocycles. The highest BCUT2D eigenvalue weighted by atomic mass is 35.5. The molecule has 2 rings (SSSR count). The lowest BCUT2D eigenvalue weighted by molar-refractivity contribution is 0.182. The molecule has 1 aromatic rings. The monoisotopic (exact) mass is 239 g/mol. The standard InChI is InChI=1S/C13H18ClNO/c1-2-12(10-7-8-16-9-10)15-13-6-4-3-5-11(13)14/h3-6,10,12,15H,2,7-9H2,1H3. The molecule has 1 N–H and O–H groups in total. The van der Waals surface area contributed by atoms with Crippen LogP contribution in [0.2, 0.25) is 5.02 Å².